The molecule has 0 amide bonds. The van der Waals surface area contributed by atoms with Crippen molar-refractivity contribution in [1.29, 1.82) is 0 Å². The molecule has 0 heterocycles. The second-order valence-corrected chi connectivity index (χ2v) is 3.09. The maximum absolute atomic E-state index is 13.0. The van der Waals surface area contributed by atoms with Crippen LogP contribution in [-0.4, -0.2) is 11.7 Å². The molecule has 3 nitrogen and oxygen atoms in total. The lowest BCUT2D eigenvalue weighted by Crippen LogP contribution is -2.15. The molecule has 0 saturated heterocycles. The minimum absolute atomic E-state index is 0.101. The lowest BCUT2D eigenvalue weighted by Gasteiger charge is -2.10. The fourth-order valence-electron chi connectivity index (χ4n) is 0.923. The lowest BCUT2D eigenvalue weighted by atomic mass is 10.1. The minimum Gasteiger partial charge on any atom is -0.395 e. The molecule has 1 aromatic carbocycles. The topological polar surface area (TPSA) is 72.3 Å². The predicted molar refractivity (Wildman–Crippen MR) is 49.8 cm³/mol. The van der Waals surface area contributed by atoms with E-state index in [-0.39, 0.29) is 17.3 Å². The highest BCUT2D eigenvalue weighted by Gasteiger charge is 2.10. The maximum atomic E-state index is 13.0. The highest BCUT2D eigenvalue weighted by molar-refractivity contribution is 6.33. The number of hydrogen-bond acceptors (Lipinski definition) is 3. The van der Waals surface area contributed by atoms with Crippen molar-refractivity contribution in [2.45, 2.75) is 6.04 Å². The molecule has 5 N–H and O–H groups in total. The van der Waals surface area contributed by atoms with Crippen LogP contribution in [0.3, 0.4) is 0 Å². The van der Waals surface area contributed by atoms with Crippen LogP contribution in [0.15, 0.2) is 12.1 Å². The third kappa shape index (κ3) is 2.09. The summed E-state index contributed by atoms with van der Waals surface area (Å²) in [5, 5.41) is 8.83. The second kappa shape index (κ2) is 3.91. The quantitative estimate of drug-likeness (QED) is 0.631. The van der Waals surface area contributed by atoms with E-state index in [9.17, 15) is 4.39 Å². The zero-order chi connectivity index (χ0) is 10.0. The van der Waals surface area contributed by atoms with Gasteiger partial charge in [-0.05, 0) is 17.7 Å². The first-order valence-corrected chi connectivity index (χ1v) is 4.05. The van der Waals surface area contributed by atoms with Gasteiger partial charge in [0.15, 0.2) is 0 Å². The summed E-state index contributed by atoms with van der Waals surface area (Å²) in [6, 6.07) is 1.98. The molecule has 0 unspecified atom stereocenters. The third-order valence-corrected chi connectivity index (χ3v) is 2.04. The molecule has 0 fully saturated rings. The molecular formula is C8H10ClFN2O. The molecule has 1 rings (SSSR count). The van der Waals surface area contributed by atoms with Gasteiger partial charge in [-0.25, -0.2) is 4.39 Å². The van der Waals surface area contributed by atoms with E-state index in [0.717, 1.165) is 0 Å². The molecule has 13 heavy (non-hydrogen) atoms. The Labute approximate surface area is 80.1 Å². The SMILES string of the molecule is Nc1c(F)cc([C@H](N)CO)cc1Cl. The van der Waals surface area contributed by atoms with E-state index in [0.29, 0.717) is 5.56 Å². The number of hydrogen-bond donors (Lipinski definition) is 3. The second-order valence-electron chi connectivity index (χ2n) is 2.69. The summed E-state index contributed by atoms with van der Waals surface area (Å²) in [5.74, 6) is -0.619. The van der Waals surface area contributed by atoms with Crippen molar-refractivity contribution in [3.8, 4) is 0 Å². The van der Waals surface area contributed by atoms with Crippen molar-refractivity contribution in [2.75, 3.05) is 12.3 Å². The Kier molecular flexibility index (Phi) is 3.08. The normalized spacial score (nSPS) is 12.9. The first-order chi connectivity index (χ1) is 6.06. The van der Waals surface area contributed by atoms with Crippen molar-refractivity contribution >= 4 is 17.3 Å². The summed E-state index contributed by atoms with van der Waals surface area (Å²) in [6.07, 6.45) is 0. The zero-order valence-electron chi connectivity index (χ0n) is 6.80. The highest BCUT2D eigenvalue weighted by atomic mass is 35.5. The number of nitrogens with two attached hydrogens (primary N) is 2. The van der Waals surface area contributed by atoms with Gasteiger partial charge in [0, 0.05) is 0 Å². The van der Waals surface area contributed by atoms with Gasteiger partial charge in [-0.15, -0.1) is 0 Å². The molecule has 1 atom stereocenters. The molecule has 5 heteroatoms. The van der Waals surface area contributed by atoms with Crippen LogP contribution < -0.4 is 11.5 Å². The fourth-order valence-corrected chi connectivity index (χ4v) is 1.14. The molecule has 0 saturated carbocycles. The van der Waals surface area contributed by atoms with Gasteiger partial charge < -0.3 is 16.6 Å². The van der Waals surface area contributed by atoms with E-state index in [1.807, 2.05) is 0 Å². The molecule has 0 bridgehead atoms. The first kappa shape index (κ1) is 10.2. The molecule has 0 spiro atoms. The zero-order valence-corrected chi connectivity index (χ0v) is 7.55. The Morgan fingerprint density at radius 2 is 2.15 bits per heavy atom. The Morgan fingerprint density at radius 3 is 2.62 bits per heavy atom. The van der Waals surface area contributed by atoms with Crippen molar-refractivity contribution in [1.82, 2.24) is 0 Å². The average molecular weight is 205 g/mol. The van der Waals surface area contributed by atoms with Gasteiger partial charge in [0.2, 0.25) is 0 Å². The number of rotatable bonds is 2. The summed E-state index contributed by atoms with van der Waals surface area (Å²) >= 11 is 5.62. The Bertz CT molecular complexity index is 296. The molecule has 1 aromatic rings. The van der Waals surface area contributed by atoms with E-state index >= 15 is 0 Å². The van der Waals surface area contributed by atoms with Crippen LogP contribution in [-0.2, 0) is 0 Å². The molecule has 0 aliphatic carbocycles. The summed E-state index contributed by atoms with van der Waals surface area (Å²) in [5.41, 5.74) is 11.1. The van der Waals surface area contributed by atoms with Gasteiger partial charge in [0.05, 0.1) is 23.4 Å². The van der Waals surface area contributed by atoms with Crippen molar-refractivity contribution < 1.29 is 9.50 Å². The number of aliphatic hydroxyl groups is 1. The summed E-state index contributed by atoms with van der Waals surface area (Å²) in [7, 11) is 0. The Morgan fingerprint density at radius 1 is 1.54 bits per heavy atom. The van der Waals surface area contributed by atoms with Gasteiger partial charge in [-0.2, -0.15) is 0 Å². The summed E-state index contributed by atoms with van der Waals surface area (Å²) in [4.78, 5) is 0. The molecule has 72 valence electrons. The third-order valence-electron chi connectivity index (χ3n) is 1.73. The molecule has 0 aromatic heterocycles. The monoisotopic (exact) mass is 204 g/mol. The average Bonchev–Trinajstić information content (AvgIpc) is 2.12. The van der Waals surface area contributed by atoms with Gasteiger partial charge in [-0.1, -0.05) is 11.6 Å². The minimum atomic E-state index is -0.632. The van der Waals surface area contributed by atoms with Crippen LogP contribution in [0.1, 0.15) is 11.6 Å². The van der Waals surface area contributed by atoms with Gasteiger partial charge in [0.1, 0.15) is 5.82 Å². The summed E-state index contributed by atoms with van der Waals surface area (Å²) in [6.45, 7) is -0.264. The van der Waals surface area contributed by atoms with Crippen LogP contribution in [0.5, 0.6) is 0 Å². The first-order valence-electron chi connectivity index (χ1n) is 3.67. The number of halogens is 2. The van der Waals surface area contributed by atoms with Crippen LogP contribution in [0.4, 0.5) is 10.1 Å². The molecule has 0 aliphatic rings. The van der Waals surface area contributed by atoms with Gasteiger partial charge >= 0.3 is 0 Å². The Balaban J connectivity index is 3.13. The van der Waals surface area contributed by atoms with Gasteiger partial charge in [0.25, 0.3) is 0 Å². The smallest absolute Gasteiger partial charge is 0.147 e. The highest BCUT2D eigenvalue weighted by Crippen LogP contribution is 2.25. The van der Waals surface area contributed by atoms with Crippen LogP contribution in [0.25, 0.3) is 0 Å². The van der Waals surface area contributed by atoms with E-state index in [1.165, 1.54) is 12.1 Å². The van der Waals surface area contributed by atoms with Crippen LogP contribution in [0, 0.1) is 5.82 Å². The number of benzene rings is 1. The lowest BCUT2D eigenvalue weighted by molar-refractivity contribution is 0.268. The van der Waals surface area contributed by atoms with E-state index in [1.54, 1.807) is 0 Å². The molecule has 0 radical (unpaired) electrons. The standard InChI is InChI=1S/C8H10ClFN2O/c9-5-1-4(7(11)3-13)2-6(10)8(5)12/h1-2,7,13H,3,11-12H2/t7-/m1/s1. The van der Waals surface area contributed by atoms with E-state index in [4.69, 9.17) is 28.2 Å². The van der Waals surface area contributed by atoms with E-state index in [2.05, 4.69) is 0 Å². The fraction of sp³-hybridized carbons (Fsp3) is 0.250. The van der Waals surface area contributed by atoms with Crippen LogP contribution >= 0.6 is 11.6 Å². The summed E-state index contributed by atoms with van der Waals surface area (Å²) < 4.78 is 13.0. The maximum Gasteiger partial charge on any atom is 0.147 e. The molecular weight excluding hydrogens is 195 g/mol. The largest absolute Gasteiger partial charge is 0.395 e. The van der Waals surface area contributed by atoms with Gasteiger partial charge in [-0.3, -0.25) is 0 Å². The Hall–Kier alpha value is -0.840. The van der Waals surface area contributed by atoms with Crippen molar-refractivity contribution in [3.05, 3.63) is 28.5 Å². The van der Waals surface area contributed by atoms with E-state index < -0.39 is 11.9 Å². The van der Waals surface area contributed by atoms with Crippen molar-refractivity contribution in [2.24, 2.45) is 5.73 Å². The number of anilines is 1. The predicted octanol–water partition coefficient (Wildman–Crippen LogP) is 1.05. The number of nitrogen functional groups attached to an aromatic ring is 1. The van der Waals surface area contributed by atoms with Crippen molar-refractivity contribution in [3.63, 3.8) is 0 Å². The number of aliphatic hydroxyl groups excluding tert-OH is 1. The van der Waals surface area contributed by atoms with Crippen LogP contribution in [0.2, 0.25) is 5.02 Å². The molecule has 0 aliphatic heterocycles.